The van der Waals surface area contributed by atoms with E-state index in [-0.39, 0.29) is 45.2 Å². The molecule has 0 aliphatic carbocycles. The third-order valence-corrected chi connectivity index (χ3v) is 0.183. The summed E-state index contributed by atoms with van der Waals surface area (Å²) in [6.07, 6.45) is 2.86. The summed E-state index contributed by atoms with van der Waals surface area (Å²) in [6, 6.07) is 0. The molecule has 0 fully saturated rings. The van der Waals surface area contributed by atoms with Crippen LogP contribution in [0.25, 0.3) is 0 Å². The maximum absolute atomic E-state index is 7.40. The summed E-state index contributed by atoms with van der Waals surface area (Å²) in [5, 5.41) is 14.8. The van der Waals surface area contributed by atoms with Gasteiger partial charge in [-0.25, -0.2) is 0 Å². The Balaban J connectivity index is -0.0000000171. The van der Waals surface area contributed by atoms with E-state index >= 15 is 0 Å². The summed E-state index contributed by atoms with van der Waals surface area (Å²) >= 11 is 0. The Bertz CT molecular complexity index is 97.6. The van der Waals surface area contributed by atoms with Crippen molar-refractivity contribution < 1.29 is 54.7 Å². The van der Waals surface area contributed by atoms with Gasteiger partial charge in [-0.2, -0.15) is 10.5 Å². The molecule has 0 atom stereocenters. The number of hydrogen-bond donors (Lipinski definition) is 0. The van der Waals surface area contributed by atoms with Crippen LogP contribution in [0.3, 0.4) is 0 Å². The summed E-state index contributed by atoms with van der Waals surface area (Å²) in [5.74, 6) is 0. The largest absolute Gasteiger partial charge is 2.00 e. The number of halogens is 2. The molecule has 11 heavy (non-hydrogen) atoms. The minimum absolute atomic E-state index is 0. The van der Waals surface area contributed by atoms with Crippen LogP contribution in [0.5, 0.6) is 0 Å². The third kappa shape index (κ3) is 181. The monoisotopic (exact) mass is 290 g/mol. The SMILES string of the molecule is COC#N.COC#N.[Cl-].[Cl-].[Pd+2]. The summed E-state index contributed by atoms with van der Waals surface area (Å²) in [6.45, 7) is 0. The molecule has 0 aromatic rings. The van der Waals surface area contributed by atoms with Crippen LogP contribution in [-0.4, -0.2) is 14.2 Å². The topological polar surface area (TPSA) is 66.0 Å². The molecule has 0 bridgehead atoms. The molecule has 0 aliphatic rings. The van der Waals surface area contributed by atoms with Gasteiger partial charge < -0.3 is 34.3 Å². The fourth-order valence-corrected chi connectivity index (χ4v) is 0. The van der Waals surface area contributed by atoms with E-state index < -0.39 is 0 Å². The molecule has 0 aliphatic heterocycles. The first-order valence-corrected chi connectivity index (χ1v) is 1.67. The molecule has 0 rings (SSSR count). The van der Waals surface area contributed by atoms with Crippen molar-refractivity contribution in [2.24, 2.45) is 0 Å². The van der Waals surface area contributed by atoms with E-state index in [0.717, 1.165) is 0 Å². The van der Waals surface area contributed by atoms with Crippen molar-refractivity contribution in [2.75, 3.05) is 14.2 Å². The molecule has 0 radical (unpaired) electrons. The smallest absolute Gasteiger partial charge is 1.00 e. The maximum atomic E-state index is 7.40. The zero-order valence-electron chi connectivity index (χ0n) is 5.78. The van der Waals surface area contributed by atoms with Crippen LogP contribution < -0.4 is 24.8 Å². The molecule has 0 amide bonds. The average Bonchev–Trinajstić information content (AvgIpc) is 1.88. The standard InChI is InChI=1S/2C2H3NO.2ClH.Pd/c2*1-4-2-3;;;/h2*1H3;2*1H;/q;;;;+2/p-2. The Morgan fingerprint density at radius 3 is 1.00 bits per heavy atom. The molecular formula is C4H6Cl2N2O2Pd. The molecule has 0 N–H and O–H groups in total. The second kappa shape index (κ2) is 52.3. The molecule has 0 saturated carbocycles. The van der Waals surface area contributed by atoms with E-state index in [0.29, 0.717) is 0 Å². The van der Waals surface area contributed by atoms with Gasteiger partial charge in [-0.1, -0.05) is 0 Å². The van der Waals surface area contributed by atoms with Crippen molar-refractivity contribution in [3.05, 3.63) is 0 Å². The van der Waals surface area contributed by atoms with E-state index in [1.165, 1.54) is 26.7 Å². The Labute approximate surface area is 91.9 Å². The van der Waals surface area contributed by atoms with E-state index in [1.807, 2.05) is 0 Å². The number of nitriles is 2. The first kappa shape index (κ1) is 30.8. The van der Waals surface area contributed by atoms with E-state index in [2.05, 4.69) is 9.47 Å². The Morgan fingerprint density at radius 2 is 1.00 bits per heavy atom. The maximum Gasteiger partial charge on any atom is 2.00 e. The number of hydrogen-bond acceptors (Lipinski definition) is 4. The molecule has 0 saturated heterocycles. The first-order chi connectivity index (χ1) is 3.83. The summed E-state index contributed by atoms with van der Waals surface area (Å²) in [5.41, 5.74) is 0. The van der Waals surface area contributed by atoms with Gasteiger partial charge in [0, 0.05) is 0 Å². The van der Waals surface area contributed by atoms with Crippen molar-refractivity contribution in [2.45, 2.75) is 0 Å². The summed E-state index contributed by atoms with van der Waals surface area (Å²) < 4.78 is 7.69. The van der Waals surface area contributed by atoms with Crippen molar-refractivity contribution in [1.82, 2.24) is 0 Å². The second-order valence-corrected chi connectivity index (χ2v) is 0.591. The van der Waals surface area contributed by atoms with Crippen LogP contribution in [0, 0.1) is 23.0 Å². The number of methoxy groups -OCH3 is 2. The zero-order valence-corrected chi connectivity index (χ0v) is 8.85. The molecular weight excluding hydrogens is 285 g/mol. The van der Waals surface area contributed by atoms with Gasteiger partial charge in [0.1, 0.15) is 0 Å². The van der Waals surface area contributed by atoms with Gasteiger partial charge in [-0.3, -0.25) is 0 Å². The van der Waals surface area contributed by atoms with E-state index in [9.17, 15) is 0 Å². The van der Waals surface area contributed by atoms with Gasteiger partial charge in [0.2, 0.25) is 0 Å². The van der Waals surface area contributed by atoms with Crippen molar-refractivity contribution in [3.63, 3.8) is 0 Å². The predicted octanol–water partition coefficient (Wildman–Crippen LogP) is -5.77. The molecule has 0 aromatic heterocycles. The summed E-state index contributed by atoms with van der Waals surface area (Å²) in [4.78, 5) is 0. The van der Waals surface area contributed by atoms with Crippen molar-refractivity contribution >= 4 is 0 Å². The Hall–Kier alpha value is -0.178. The van der Waals surface area contributed by atoms with Crippen molar-refractivity contribution in [1.29, 1.82) is 10.5 Å². The van der Waals surface area contributed by atoms with Crippen LogP contribution in [0.15, 0.2) is 0 Å². The molecule has 0 heterocycles. The molecule has 7 heteroatoms. The Kier molecular flexibility index (Phi) is 147. The van der Waals surface area contributed by atoms with Gasteiger partial charge in [0.25, 0.3) is 12.5 Å². The minimum Gasteiger partial charge on any atom is -1.00 e. The molecule has 0 aromatic carbocycles. The second-order valence-electron chi connectivity index (χ2n) is 0.591. The number of nitrogens with zero attached hydrogens (tertiary/aromatic N) is 2. The molecule has 68 valence electrons. The number of rotatable bonds is 0. The fourth-order valence-electron chi connectivity index (χ4n) is 0. The third-order valence-electron chi connectivity index (χ3n) is 0.183. The molecule has 4 nitrogen and oxygen atoms in total. The molecule has 0 unspecified atom stereocenters. The predicted molar refractivity (Wildman–Crippen MR) is 25.2 cm³/mol. The van der Waals surface area contributed by atoms with Crippen LogP contribution in [-0.2, 0) is 29.9 Å². The van der Waals surface area contributed by atoms with Gasteiger partial charge in [-0.05, 0) is 0 Å². The van der Waals surface area contributed by atoms with Gasteiger partial charge in [0.15, 0.2) is 0 Å². The quantitative estimate of drug-likeness (QED) is 0.329. The zero-order chi connectivity index (χ0) is 6.83. The molecule has 0 spiro atoms. The van der Waals surface area contributed by atoms with Gasteiger partial charge in [0.05, 0.1) is 14.2 Å². The normalized spacial score (nSPS) is 2.91. The van der Waals surface area contributed by atoms with Crippen LogP contribution in [0.1, 0.15) is 0 Å². The Morgan fingerprint density at radius 1 is 0.909 bits per heavy atom. The van der Waals surface area contributed by atoms with Gasteiger partial charge in [-0.15, -0.1) is 0 Å². The van der Waals surface area contributed by atoms with Crippen LogP contribution in [0.2, 0.25) is 0 Å². The average molecular weight is 291 g/mol. The van der Waals surface area contributed by atoms with Gasteiger partial charge >= 0.3 is 20.4 Å². The number of ether oxygens (including phenoxy) is 2. The van der Waals surface area contributed by atoms with E-state index in [4.69, 9.17) is 10.5 Å². The first-order valence-electron chi connectivity index (χ1n) is 1.67. The van der Waals surface area contributed by atoms with Crippen LogP contribution in [0.4, 0.5) is 0 Å². The van der Waals surface area contributed by atoms with Crippen molar-refractivity contribution in [3.8, 4) is 12.5 Å². The minimum atomic E-state index is 0. The van der Waals surface area contributed by atoms with Crippen LogP contribution >= 0.6 is 0 Å². The summed E-state index contributed by atoms with van der Waals surface area (Å²) in [7, 11) is 2.64. The van der Waals surface area contributed by atoms with E-state index in [1.54, 1.807) is 0 Å². The fraction of sp³-hybridized carbons (Fsp3) is 0.500.